The zero-order valence-electron chi connectivity index (χ0n) is 11.7. The van der Waals surface area contributed by atoms with Gasteiger partial charge < -0.3 is 15.4 Å². The molecule has 0 bridgehead atoms. The van der Waals surface area contributed by atoms with Crippen molar-refractivity contribution in [1.82, 2.24) is 4.90 Å². The Labute approximate surface area is 104 Å². The summed E-state index contributed by atoms with van der Waals surface area (Å²) in [6, 6.07) is 0.192. The van der Waals surface area contributed by atoms with Crippen molar-refractivity contribution in [3.8, 4) is 0 Å². The molecular formula is C13H26N2O2. The van der Waals surface area contributed by atoms with Crippen molar-refractivity contribution in [2.45, 2.75) is 52.6 Å². The van der Waals surface area contributed by atoms with Gasteiger partial charge in [0.1, 0.15) is 0 Å². The maximum atomic E-state index is 12.6. The first-order valence-electron chi connectivity index (χ1n) is 6.39. The standard InChI is InChI=1S/C13H26N2O2/c1-6-10-9-17-8-7-15(10)11(16)12(2,3)13(4,5)14/h10H,6-9,14H2,1-5H3. The minimum atomic E-state index is -0.558. The van der Waals surface area contributed by atoms with Crippen LogP contribution in [0.1, 0.15) is 41.0 Å². The van der Waals surface area contributed by atoms with Gasteiger partial charge in [-0.2, -0.15) is 0 Å². The molecule has 4 nitrogen and oxygen atoms in total. The topological polar surface area (TPSA) is 55.6 Å². The van der Waals surface area contributed by atoms with Crippen LogP contribution in [0.15, 0.2) is 0 Å². The SMILES string of the molecule is CCC1COCCN1C(=O)C(C)(C)C(C)(C)N. The van der Waals surface area contributed by atoms with E-state index in [1.807, 2.05) is 32.6 Å². The Kier molecular flexibility index (Phi) is 4.20. The smallest absolute Gasteiger partial charge is 0.230 e. The molecule has 1 fully saturated rings. The number of nitrogens with zero attached hydrogens (tertiary/aromatic N) is 1. The highest BCUT2D eigenvalue weighted by Gasteiger charge is 2.44. The number of hydrogen-bond acceptors (Lipinski definition) is 3. The molecule has 100 valence electrons. The molecule has 1 unspecified atom stereocenters. The summed E-state index contributed by atoms with van der Waals surface area (Å²) in [4.78, 5) is 14.6. The lowest BCUT2D eigenvalue weighted by atomic mass is 9.74. The van der Waals surface area contributed by atoms with E-state index in [1.54, 1.807) is 0 Å². The van der Waals surface area contributed by atoms with E-state index < -0.39 is 11.0 Å². The van der Waals surface area contributed by atoms with Gasteiger partial charge in [0.25, 0.3) is 0 Å². The largest absolute Gasteiger partial charge is 0.377 e. The van der Waals surface area contributed by atoms with Gasteiger partial charge in [0.2, 0.25) is 5.91 Å². The number of carbonyl (C=O) groups is 1. The average Bonchev–Trinajstić information content (AvgIpc) is 2.26. The summed E-state index contributed by atoms with van der Waals surface area (Å²) >= 11 is 0. The Bertz CT molecular complexity index is 282. The maximum absolute atomic E-state index is 12.6. The Morgan fingerprint density at radius 2 is 2.00 bits per heavy atom. The predicted octanol–water partition coefficient (Wildman–Crippen LogP) is 1.39. The van der Waals surface area contributed by atoms with Gasteiger partial charge >= 0.3 is 0 Å². The zero-order valence-corrected chi connectivity index (χ0v) is 11.7. The molecule has 0 spiro atoms. The van der Waals surface area contributed by atoms with Crippen molar-refractivity contribution >= 4 is 5.91 Å². The number of morpholine rings is 1. The van der Waals surface area contributed by atoms with Crippen LogP contribution in [-0.2, 0) is 9.53 Å². The number of rotatable bonds is 3. The van der Waals surface area contributed by atoms with Gasteiger partial charge in [0.05, 0.1) is 24.7 Å². The summed E-state index contributed by atoms with van der Waals surface area (Å²) in [7, 11) is 0. The molecule has 1 heterocycles. The molecule has 1 rings (SSSR count). The molecule has 1 atom stereocenters. The minimum absolute atomic E-state index is 0.139. The summed E-state index contributed by atoms with van der Waals surface area (Å²) in [5, 5.41) is 0. The third-order valence-corrected chi connectivity index (χ3v) is 4.11. The predicted molar refractivity (Wildman–Crippen MR) is 68.7 cm³/mol. The lowest BCUT2D eigenvalue weighted by Gasteiger charge is -2.44. The van der Waals surface area contributed by atoms with Gasteiger partial charge in [0, 0.05) is 12.1 Å². The van der Waals surface area contributed by atoms with Crippen molar-refractivity contribution in [2.24, 2.45) is 11.1 Å². The van der Waals surface area contributed by atoms with Crippen LogP contribution in [0, 0.1) is 5.41 Å². The molecule has 0 saturated carbocycles. The Balaban J connectivity index is 2.87. The molecule has 17 heavy (non-hydrogen) atoms. The molecule has 1 aliphatic rings. The first kappa shape index (κ1) is 14.5. The summed E-state index contributed by atoms with van der Waals surface area (Å²) < 4.78 is 5.43. The number of hydrogen-bond donors (Lipinski definition) is 1. The summed E-state index contributed by atoms with van der Waals surface area (Å²) in [5.41, 5.74) is 5.04. The summed E-state index contributed by atoms with van der Waals surface area (Å²) in [6.45, 7) is 11.7. The molecule has 0 aromatic carbocycles. The van der Waals surface area contributed by atoms with Crippen LogP contribution in [0.4, 0.5) is 0 Å². The second kappa shape index (κ2) is 4.94. The van der Waals surface area contributed by atoms with Gasteiger partial charge in [-0.25, -0.2) is 0 Å². The minimum Gasteiger partial charge on any atom is -0.377 e. The van der Waals surface area contributed by atoms with Gasteiger partial charge in [-0.05, 0) is 34.1 Å². The van der Waals surface area contributed by atoms with Gasteiger partial charge in [-0.3, -0.25) is 4.79 Å². The van der Waals surface area contributed by atoms with Gasteiger partial charge in [-0.15, -0.1) is 0 Å². The normalized spacial score (nSPS) is 22.7. The van der Waals surface area contributed by atoms with Gasteiger partial charge in [-0.1, -0.05) is 6.92 Å². The number of amides is 1. The van der Waals surface area contributed by atoms with Crippen LogP contribution in [0.5, 0.6) is 0 Å². The van der Waals surface area contributed by atoms with Crippen molar-refractivity contribution in [2.75, 3.05) is 19.8 Å². The van der Waals surface area contributed by atoms with E-state index in [4.69, 9.17) is 10.5 Å². The molecule has 0 radical (unpaired) electrons. The van der Waals surface area contributed by atoms with Crippen LogP contribution in [0.25, 0.3) is 0 Å². The lowest BCUT2D eigenvalue weighted by Crippen LogP contribution is -2.60. The van der Waals surface area contributed by atoms with Crippen LogP contribution in [0.3, 0.4) is 0 Å². The van der Waals surface area contributed by atoms with E-state index in [0.717, 1.165) is 6.42 Å². The zero-order chi connectivity index (χ0) is 13.3. The molecule has 2 N–H and O–H groups in total. The van der Waals surface area contributed by atoms with E-state index in [-0.39, 0.29) is 11.9 Å². The van der Waals surface area contributed by atoms with E-state index in [0.29, 0.717) is 19.8 Å². The maximum Gasteiger partial charge on any atom is 0.230 e. The molecule has 0 aromatic rings. The summed E-state index contributed by atoms with van der Waals surface area (Å²) in [6.07, 6.45) is 0.923. The van der Waals surface area contributed by atoms with E-state index in [1.165, 1.54) is 0 Å². The van der Waals surface area contributed by atoms with Crippen molar-refractivity contribution in [3.63, 3.8) is 0 Å². The van der Waals surface area contributed by atoms with Crippen LogP contribution >= 0.6 is 0 Å². The third-order valence-electron chi connectivity index (χ3n) is 4.11. The van der Waals surface area contributed by atoms with Crippen LogP contribution in [-0.4, -0.2) is 42.1 Å². The first-order chi connectivity index (χ1) is 7.71. The summed E-state index contributed by atoms with van der Waals surface area (Å²) in [5.74, 6) is 0.139. The van der Waals surface area contributed by atoms with Gasteiger partial charge in [0.15, 0.2) is 0 Å². The molecule has 1 saturated heterocycles. The van der Waals surface area contributed by atoms with Crippen molar-refractivity contribution in [1.29, 1.82) is 0 Å². The van der Waals surface area contributed by atoms with Crippen molar-refractivity contribution < 1.29 is 9.53 Å². The number of carbonyl (C=O) groups excluding carboxylic acids is 1. The first-order valence-corrected chi connectivity index (χ1v) is 6.39. The Morgan fingerprint density at radius 1 is 1.41 bits per heavy atom. The average molecular weight is 242 g/mol. The Morgan fingerprint density at radius 3 is 2.47 bits per heavy atom. The Hall–Kier alpha value is -0.610. The highest BCUT2D eigenvalue weighted by molar-refractivity contribution is 5.83. The molecule has 1 aliphatic heterocycles. The number of ether oxygens (including phenoxy) is 1. The van der Waals surface area contributed by atoms with Crippen molar-refractivity contribution in [3.05, 3.63) is 0 Å². The fraction of sp³-hybridized carbons (Fsp3) is 0.923. The molecule has 1 amide bonds. The fourth-order valence-electron chi connectivity index (χ4n) is 1.90. The number of nitrogens with two attached hydrogens (primary N) is 1. The molecule has 0 aromatic heterocycles. The molecular weight excluding hydrogens is 216 g/mol. The molecule has 0 aliphatic carbocycles. The second-order valence-corrected chi connectivity index (χ2v) is 5.98. The monoisotopic (exact) mass is 242 g/mol. The van der Waals surface area contributed by atoms with E-state index in [2.05, 4.69) is 6.92 Å². The lowest BCUT2D eigenvalue weighted by molar-refractivity contribution is -0.152. The van der Waals surface area contributed by atoms with E-state index in [9.17, 15) is 4.79 Å². The van der Waals surface area contributed by atoms with Crippen LogP contribution < -0.4 is 5.73 Å². The molecule has 4 heteroatoms. The van der Waals surface area contributed by atoms with Crippen LogP contribution in [0.2, 0.25) is 0 Å². The highest BCUT2D eigenvalue weighted by Crippen LogP contribution is 2.32. The highest BCUT2D eigenvalue weighted by atomic mass is 16.5. The fourth-order valence-corrected chi connectivity index (χ4v) is 1.90. The van der Waals surface area contributed by atoms with E-state index >= 15 is 0 Å². The third kappa shape index (κ3) is 2.80. The quantitative estimate of drug-likeness (QED) is 0.813. The second-order valence-electron chi connectivity index (χ2n) is 5.98.